The molecule has 0 spiro atoms. The van der Waals surface area contributed by atoms with Gasteiger partial charge in [0.1, 0.15) is 23.0 Å². The Morgan fingerprint density at radius 1 is 0.391 bits per heavy atom. The molecular formula is C42H28BNO2. The van der Waals surface area contributed by atoms with Crippen molar-refractivity contribution >= 4 is 40.2 Å². The van der Waals surface area contributed by atoms with Crippen molar-refractivity contribution in [2.24, 2.45) is 0 Å². The number of hydrogen-bond donors (Lipinski definition) is 0. The van der Waals surface area contributed by atoms with Gasteiger partial charge in [0.2, 0.25) is 0 Å². The predicted octanol–water partition coefficient (Wildman–Crippen LogP) is 9.22. The number of benzene rings is 7. The Morgan fingerprint density at radius 3 is 1.39 bits per heavy atom. The number of anilines is 3. The van der Waals surface area contributed by atoms with Crippen LogP contribution in [0, 0.1) is 0 Å². The van der Waals surface area contributed by atoms with E-state index in [1.54, 1.807) is 0 Å². The van der Waals surface area contributed by atoms with E-state index in [-0.39, 0.29) is 6.71 Å². The zero-order valence-corrected chi connectivity index (χ0v) is 25.0. The minimum Gasteiger partial charge on any atom is -0.458 e. The summed E-state index contributed by atoms with van der Waals surface area (Å²) in [4.78, 5) is 2.27. The van der Waals surface area contributed by atoms with Gasteiger partial charge in [-0.05, 0) is 81.7 Å². The van der Waals surface area contributed by atoms with Crippen LogP contribution in [0.2, 0.25) is 0 Å². The lowest BCUT2D eigenvalue weighted by molar-refractivity contribution is 0.465. The molecule has 0 fully saturated rings. The molecule has 9 rings (SSSR count). The average Bonchev–Trinajstić information content (AvgIpc) is 3.13. The number of nitrogens with zero attached hydrogens (tertiary/aromatic N) is 1. The monoisotopic (exact) mass is 589 g/mol. The Labute approximate surface area is 269 Å². The smallest absolute Gasteiger partial charge is 0.260 e. The van der Waals surface area contributed by atoms with Gasteiger partial charge >= 0.3 is 0 Å². The van der Waals surface area contributed by atoms with Crippen LogP contribution in [0.4, 0.5) is 17.1 Å². The van der Waals surface area contributed by atoms with E-state index >= 15 is 0 Å². The molecule has 7 aromatic carbocycles. The molecule has 216 valence electrons. The van der Waals surface area contributed by atoms with Gasteiger partial charge in [0.05, 0.1) is 5.69 Å². The fourth-order valence-corrected chi connectivity index (χ4v) is 6.85. The SMILES string of the molecule is c1ccc(-c2ccc3c(c2)Oc2ccc(N(c4ccccc4)c4ccccc4)c4c2B3c2ccc(-c3ccccc3)cc2O4)cc1. The molecule has 0 aliphatic carbocycles. The summed E-state index contributed by atoms with van der Waals surface area (Å²) in [6.07, 6.45) is 0. The summed E-state index contributed by atoms with van der Waals surface area (Å²) in [7, 11) is 0. The normalized spacial score (nSPS) is 12.2. The highest BCUT2D eigenvalue weighted by molar-refractivity contribution is 6.98. The Hall–Kier alpha value is -6.00. The molecule has 0 amide bonds. The molecule has 0 N–H and O–H groups in total. The van der Waals surface area contributed by atoms with Crippen molar-refractivity contribution in [2.75, 3.05) is 4.90 Å². The lowest BCUT2D eigenvalue weighted by Gasteiger charge is -2.36. The average molecular weight is 590 g/mol. The molecule has 0 atom stereocenters. The molecule has 2 aliphatic heterocycles. The second kappa shape index (κ2) is 10.9. The largest absolute Gasteiger partial charge is 0.458 e. The zero-order chi connectivity index (χ0) is 30.5. The summed E-state index contributed by atoms with van der Waals surface area (Å²) in [5.41, 5.74) is 11.0. The van der Waals surface area contributed by atoms with Gasteiger partial charge in [-0.2, -0.15) is 0 Å². The van der Waals surface area contributed by atoms with Crippen molar-refractivity contribution in [2.45, 2.75) is 0 Å². The third-order valence-corrected chi connectivity index (χ3v) is 8.99. The molecule has 3 nitrogen and oxygen atoms in total. The van der Waals surface area contributed by atoms with Crippen LogP contribution in [0.3, 0.4) is 0 Å². The second-order valence-corrected chi connectivity index (χ2v) is 11.7. The Bertz CT molecular complexity index is 2150. The summed E-state index contributed by atoms with van der Waals surface area (Å²) < 4.78 is 13.8. The first kappa shape index (κ1) is 26.4. The quantitative estimate of drug-likeness (QED) is 0.187. The highest BCUT2D eigenvalue weighted by Gasteiger charge is 2.42. The Kier molecular flexibility index (Phi) is 6.24. The van der Waals surface area contributed by atoms with Crippen LogP contribution in [0.25, 0.3) is 22.3 Å². The second-order valence-electron chi connectivity index (χ2n) is 11.7. The zero-order valence-electron chi connectivity index (χ0n) is 25.0. The van der Waals surface area contributed by atoms with Crippen LogP contribution in [-0.2, 0) is 0 Å². The van der Waals surface area contributed by atoms with Crippen LogP contribution < -0.4 is 30.8 Å². The number of hydrogen-bond acceptors (Lipinski definition) is 3. The van der Waals surface area contributed by atoms with Gasteiger partial charge in [0.15, 0.2) is 0 Å². The first-order valence-electron chi connectivity index (χ1n) is 15.6. The standard InChI is InChI=1S/C42H28BNO2/c1-5-13-29(14-6-1)31-21-23-35-39(27-31)45-38-26-25-37(44(33-17-9-3-10-18-33)34-19-11-4-12-20-34)42-41(38)43(35)36-24-22-32(28-40(36)46-42)30-15-7-2-8-16-30/h1-28H. The molecular weight excluding hydrogens is 561 g/mol. The van der Waals surface area contributed by atoms with E-state index in [4.69, 9.17) is 9.47 Å². The summed E-state index contributed by atoms with van der Waals surface area (Å²) in [5, 5.41) is 0. The highest BCUT2D eigenvalue weighted by Crippen LogP contribution is 2.46. The van der Waals surface area contributed by atoms with Crippen LogP contribution in [-0.4, -0.2) is 6.71 Å². The van der Waals surface area contributed by atoms with Crippen molar-refractivity contribution in [1.29, 1.82) is 0 Å². The third kappa shape index (κ3) is 4.38. The maximum atomic E-state index is 7.03. The first-order chi connectivity index (χ1) is 22.8. The van der Waals surface area contributed by atoms with E-state index < -0.39 is 0 Å². The number of fused-ring (bicyclic) bond motifs is 4. The van der Waals surface area contributed by atoms with Gasteiger partial charge in [0, 0.05) is 16.8 Å². The van der Waals surface area contributed by atoms with Crippen molar-refractivity contribution in [3.05, 3.63) is 170 Å². The Balaban J connectivity index is 1.27. The first-order valence-corrected chi connectivity index (χ1v) is 15.6. The summed E-state index contributed by atoms with van der Waals surface area (Å²) in [6, 6.07) is 59.4. The fraction of sp³-hybridized carbons (Fsp3) is 0. The van der Waals surface area contributed by atoms with Gasteiger partial charge < -0.3 is 14.4 Å². The molecule has 46 heavy (non-hydrogen) atoms. The summed E-state index contributed by atoms with van der Waals surface area (Å²) in [6.45, 7) is -0.0551. The van der Waals surface area contributed by atoms with Gasteiger partial charge in [0.25, 0.3) is 6.71 Å². The number of rotatable bonds is 5. The van der Waals surface area contributed by atoms with Gasteiger partial charge in [-0.15, -0.1) is 0 Å². The number of para-hydroxylation sites is 2. The topological polar surface area (TPSA) is 21.7 Å². The molecule has 2 heterocycles. The van der Waals surface area contributed by atoms with Gasteiger partial charge in [-0.25, -0.2) is 0 Å². The van der Waals surface area contributed by atoms with E-state index in [1.165, 1.54) is 0 Å². The van der Waals surface area contributed by atoms with Crippen LogP contribution in [0.1, 0.15) is 0 Å². The van der Waals surface area contributed by atoms with Crippen molar-refractivity contribution in [3.8, 4) is 45.3 Å². The molecule has 7 aromatic rings. The summed E-state index contributed by atoms with van der Waals surface area (Å²) >= 11 is 0. The van der Waals surface area contributed by atoms with Gasteiger partial charge in [-0.3, -0.25) is 0 Å². The lowest BCUT2D eigenvalue weighted by Crippen LogP contribution is -2.57. The van der Waals surface area contributed by atoms with Crippen LogP contribution in [0.5, 0.6) is 23.0 Å². The van der Waals surface area contributed by atoms with Crippen molar-refractivity contribution in [1.82, 2.24) is 0 Å². The van der Waals surface area contributed by atoms with E-state index in [0.29, 0.717) is 0 Å². The van der Waals surface area contributed by atoms with E-state index in [0.717, 1.165) is 78.7 Å². The minimum atomic E-state index is -0.0551. The summed E-state index contributed by atoms with van der Waals surface area (Å²) in [5.74, 6) is 3.37. The lowest BCUT2D eigenvalue weighted by atomic mass is 9.34. The van der Waals surface area contributed by atoms with E-state index in [2.05, 4.69) is 150 Å². The number of ether oxygens (including phenoxy) is 2. The fourth-order valence-electron chi connectivity index (χ4n) is 6.85. The van der Waals surface area contributed by atoms with Crippen molar-refractivity contribution < 1.29 is 9.47 Å². The molecule has 0 unspecified atom stereocenters. The van der Waals surface area contributed by atoms with Crippen LogP contribution >= 0.6 is 0 Å². The third-order valence-electron chi connectivity index (χ3n) is 8.99. The van der Waals surface area contributed by atoms with E-state index in [9.17, 15) is 0 Å². The highest BCUT2D eigenvalue weighted by atomic mass is 16.5. The molecule has 0 bridgehead atoms. The molecule has 0 saturated carbocycles. The molecule has 2 aliphatic rings. The predicted molar refractivity (Wildman–Crippen MR) is 190 cm³/mol. The van der Waals surface area contributed by atoms with Gasteiger partial charge in [-0.1, -0.05) is 121 Å². The van der Waals surface area contributed by atoms with Crippen molar-refractivity contribution in [3.63, 3.8) is 0 Å². The van der Waals surface area contributed by atoms with E-state index in [1.807, 2.05) is 24.3 Å². The Morgan fingerprint density at radius 2 is 0.870 bits per heavy atom. The molecule has 4 heteroatoms. The molecule has 0 aromatic heterocycles. The molecule has 0 saturated heterocycles. The van der Waals surface area contributed by atoms with Crippen LogP contribution in [0.15, 0.2) is 170 Å². The minimum absolute atomic E-state index is 0.0551. The molecule has 0 radical (unpaired) electrons. The maximum Gasteiger partial charge on any atom is 0.260 e. The maximum absolute atomic E-state index is 7.03.